The van der Waals surface area contributed by atoms with Gasteiger partial charge in [0, 0.05) is 26.8 Å². The summed E-state index contributed by atoms with van der Waals surface area (Å²) in [5.41, 5.74) is 1.14. The molecular formula is C19H34IN3O3. The molecule has 0 bridgehead atoms. The quantitative estimate of drug-likeness (QED) is 0.209. The van der Waals surface area contributed by atoms with E-state index in [0.717, 1.165) is 36.8 Å². The van der Waals surface area contributed by atoms with E-state index in [1.54, 1.807) is 7.11 Å². The summed E-state index contributed by atoms with van der Waals surface area (Å²) >= 11 is 0. The minimum absolute atomic E-state index is 0. The number of methoxy groups -OCH3 is 1. The monoisotopic (exact) mass is 479 g/mol. The van der Waals surface area contributed by atoms with Crippen LogP contribution in [0.1, 0.15) is 25.8 Å². The largest absolute Gasteiger partial charge is 0.489 e. The van der Waals surface area contributed by atoms with Crippen molar-refractivity contribution in [3.63, 3.8) is 0 Å². The van der Waals surface area contributed by atoms with Gasteiger partial charge in [0.1, 0.15) is 11.9 Å². The van der Waals surface area contributed by atoms with E-state index in [-0.39, 0.29) is 30.1 Å². The van der Waals surface area contributed by atoms with Crippen LogP contribution in [0.5, 0.6) is 5.75 Å². The molecule has 0 spiro atoms. The lowest BCUT2D eigenvalue weighted by Gasteiger charge is -2.16. The van der Waals surface area contributed by atoms with Gasteiger partial charge in [-0.05, 0) is 38.8 Å². The summed E-state index contributed by atoms with van der Waals surface area (Å²) in [6.45, 7) is 10.3. The van der Waals surface area contributed by atoms with Crippen molar-refractivity contribution in [2.45, 2.75) is 33.3 Å². The smallest absolute Gasteiger partial charge is 0.191 e. The molecule has 1 aromatic carbocycles. The Hall–Kier alpha value is -1.06. The first-order valence-electron chi connectivity index (χ1n) is 8.98. The van der Waals surface area contributed by atoms with Gasteiger partial charge in [-0.1, -0.05) is 18.2 Å². The highest BCUT2D eigenvalue weighted by Crippen LogP contribution is 2.17. The lowest BCUT2D eigenvalue weighted by atomic mass is 10.2. The Morgan fingerprint density at radius 3 is 2.62 bits per heavy atom. The molecule has 0 aliphatic carbocycles. The fourth-order valence-corrected chi connectivity index (χ4v) is 2.13. The molecule has 1 atom stereocenters. The Morgan fingerprint density at radius 1 is 1.15 bits per heavy atom. The van der Waals surface area contributed by atoms with Gasteiger partial charge in [-0.2, -0.15) is 0 Å². The summed E-state index contributed by atoms with van der Waals surface area (Å²) in [5, 5.41) is 6.56. The van der Waals surface area contributed by atoms with E-state index in [1.807, 2.05) is 38.1 Å². The van der Waals surface area contributed by atoms with Gasteiger partial charge in [0.05, 0.1) is 19.8 Å². The Balaban J connectivity index is 0.00000625. The zero-order valence-electron chi connectivity index (χ0n) is 16.4. The number of aliphatic imine (C=N–C) groups is 1. The second kappa shape index (κ2) is 16.1. The van der Waals surface area contributed by atoms with Crippen LogP contribution in [0.2, 0.25) is 0 Å². The summed E-state index contributed by atoms with van der Waals surface area (Å²) in [5.74, 6) is 1.72. The molecule has 6 nitrogen and oxygen atoms in total. The van der Waals surface area contributed by atoms with Crippen molar-refractivity contribution in [1.29, 1.82) is 0 Å². The first-order chi connectivity index (χ1) is 12.2. The van der Waals surface area contributed by atoms with Crippen LogP contribution in [0.25, 0.3) is 0 Å². The number of ether oxygens (including phenoxy) is 3. The van der Waals surface area contributed by atoms with Crippen LogP contribution in [0.15, 0.2) is 29.3 Å². The number of halogens is 1. The molecule has 0 saturated carbocycles. The molecule has 0 aromatic heterocycles. The number of guanidine groups is 1. The maximum atomic E-state index is 5.96. The Kier molecular flexibility index (Phi) is 15.5. The van der Waals surface area contributed by atoms with Crippen molar-refractivity contribution in [1.82, 2.24) is 10.6 Å². The number of benzene rings is 1. The second-order valence-corrected chi connectivity index (χ2v) is 5.80. The first-order valence-corrected chi connectivity index (χ1v) is 8.98. The average Bonchev–Trinajstić information content (AvgIpc) is 2.60. The van der Waals surface area contributed by atoms with Crippen molar-refractivity contribution in [3.8, 4) is 5.75 Å². The number of rotatable bonds is 12. The molecule has 1 rings (SSSR count). The van der Waals surface area contributed by atoms with E-state index in [1.165, 1.54) is 0 Å². The van der Waals surface area contributed by atoms with Crippen molar-refractivity contribution < 1.29 is 14.2 Å². The Labute approximate surface area is 175 Å². The lowest BCUT2D eigenvalue weighted by molar-refractivity contribution is 0.0698. The van der Waals surface area contributed by atoms with Gasteiger partial charge >= 0.3 is 0 Å². The van der Waals surface area contributed by atoms with E-state index >= 15 is 0 Å². The molecule has 0 aliphatic heterocycles. The molecule has 150 valence electrons. The average molecular weight is 479 g/mol. The zero-order valence-corrected chi connectivity index (χ0v) is 18.7. The van der Waals surface area contributed by atoms with E-state index in [2.05, 4.69) is 22.5 Å². The normalized spacial score (nSPS) is 12.2. The van der Waals surface area contributed by atoms with Crippen LogP contribution < -0.4 is 15.4 Å². The van der Waals surface area contributed by atoms with Gasteiger partial charge in [-0.3, -0.25) is 0 Å². The third-order valence-electron chi connectivity index (χ3n) is 3.46. The summed E-state index contributed by atoms with van der Waals surface area (Å²) in [4.78, 5) is 4.60. The minimum Gasteiger partial charge on any atom is -0.489 e. The van der Waals surface area contributed by atoms with Gasteiger partial charge in [-0.25, -0.2) is 4.99 Å². The van der Waals surface area contributed by atoms with Crippen LogP contribution in [-0.2, 0) is 9.47 Å². The molecule has 26 heavy (non-hydrogen) atoms. The number of hydrogen-bond donors (Lipinski definition) is 2. The molecule has 2 N–H and O–H groups in total. The number of hydrogen-bond acceptors (Lipinski definition) is 4. The van der Waals surface area contributed by atoms with Crippen molar-refractivity contribution >= 4 is 29.9 Å². The van der Waals surface area contributed by atoms with E-state index in [9.17, 15) is 0 Å². The fraction of sp³-hybridized carbons (Fsp3) is 0.632. The van der Waals surface area contributed by atoms with E-state index < -0.39 is 0 Å². The Bertz CT molecular complexity index is 501. The summed E-state index contributed by atoms with van der Waals surface area (Å²) in [6.07, 6.45) is 0.928. The van der Waals surface area contributed by atoms with Gasteiger partial charge < -0.3 is 24.8 Å². The molecule has 0 saturated heterocycles. The van der Waals surface area contributed by atoms with E-state index in [0.29, 0.717) is 26.4 Å². The molecule has 1 unspecified atom stereocenters. The van der Waals surface area contributed by atoms with Gasteiger partial charge in [0.15, 0.2) is 5.96 Å². The molecule has 0 aliphatic rings. The highest BCUT2D eigenvalue weighted by molar-refractivity contribution is 14.0. The fourth-order valence-electron chi connectivity index (χ4n) is 2.13. The summed E-state index contributed by atoms with van der Waals surface area (Å²) in [6, 6.07) is 8.03. The molecule has 1 aromatic rings. The van der Waals surface area contributed by atoms with Crippen molar-refractivity contribution in [2.24, 2.45) is 4.99 Å². The molecule has 0 radical (unpaired) electrons. The zero-order chi connectivity index (χ0) is 18.3. The topological polar surface area (TPSA) is 64.1 Å². The molecule has 7 heteroatoms. The standard InChI is InChI=1S/C19H33N3O3.HI/c1-5-20-19(21-11-8-12-24-14-13-23-4)22-15-17(3)25-18-10-7-6-9-16(18)2;/h6-7,9-10,17H,5,8,11-15H2,1-4H3,(H2,20,21,22);1H. The maximum absolute atomic E-state index is 5.96. The van der Waals surface area contributed by atoms with Crippen LogP contribution in [0.4, 0.5) is 0 Å². The molecular weight excluding hydrogens is 445 g/mol. The highest BCUT2D eigenvalue weighted by atomic mass is 127. The Morgan fingerprint density at radius 2 is 1.92 bits per heavy atom. The summed E-state index contributed by atoms with van der Waals surface area (Å²) < 4.78 is 16.3. The highest BCUT2D eigenvalue weighted by Gasteiger charge is 2.06. The van der Waals surface area contributed by atoms with Crippen molar-refractivity contribution in [3.05, 3.63) is 29.8 Å². The molecule has 0 heterocycles. The van der Waals surface area contributed by atoms with E-state index in [4.69, 9.17) is 14.2 Å². The van der Waals surface area contributed by atoms with Gasteiger partial charge in [0.25, 0.3) is 0 Å². The predicted octanol–water partition coefficient (Wildman–Crippen LogP) is 2.99. The third-order valence-corrected chi connectivity index (χ3v) is 3.46. The third kappa shape index (κ3) is 11.5. The van der Waals surface area contributed by atoms with Crippen LogP contribution in [0, 0.1) is 6.92 Å². The maximum Gasteiger partial charge on any atom is 0.191 e. The van der Waals surface area contributed by atoms with Crippen LogP contribution in [0.3, 0.4) is 0 Å². The van der Waals surface area contributed by atoms with Gasteiger partial charge in [0.2, 0.25) is 0 Å². The number of nitrogens with zero attached hydrogens (tertiary/aromatic N) is 1. The molecule has 0 amide bonds. The minimum atomic E-state index is 0. The molecule has 0 fully saturated rings. The first kappa shape index (κ1) is 24.9. The van der Waals surface area contributed by atoms with Crippen LogP contribution >= 0.6 is 24.0 Å². The lowest BCUT2D eigenvalue weighted by Crippen LogP contribution is -2.38. The number of aryl methyl sites for hydroxylation is 1. The SMILES string of the molecule is CCNC(=NCC(C)Oc1ccccc1C)NCCCOCCOC.I. The van der Waals surface area contributed by atoms with Gasteiger partial charge in [-0.15, -0.1) is 24.0 Å². The second-order valence-electron chi connectivity index (χ2n) is 5.80. The summed E-state index contributed by atoms with van der Waals surface area (Å²) in [7, 11) is 1.67. The number of nitrogens with one attached hydrogen (secondary N) is 2. The van der Waals surface area contributed by atoms with Crippen molar-refractivity contribution in [2.75, 3.05) is 46.6 Å². The van der Waals surface area contributed by atoms with Crippen LogP contribution in [-0.4, -0.2) is 58.6 Å². The predicted molar refractivity (Wildman–Crippen MR) is 118 cm³/mol. The number of para-hydroxylation sites is 1.